The number of thiophene rings is 1. The molecule has 4 heteroatoms. The fourth-order valence-electron chi connectivity index (χ4n) is 1.35. The van der Waals surface area contributed by atoms with Crippen molar-refractivity contribution in [1.82, 2.24) is 0 Å². The quantitative estimate of drug-likeness (QED) is 0.773. The summed E-state index contributed by atoms with van der Waals surface area (Å²) in [6.45, 7) is 0.204. The molecule has 0 saturated carbocycles. The van der Waals surface area contributed by atoms with Gasteiger partial charge in [0, 0.05) is 4.88 Å². The molecule has 0 spiro atoms. The van der Waals surface area contributed by atoms with Crippen LogP contribution in [0.5, 0.6) is 0 Å². The van der Waals surface area contributed by atoms with Gasteiger partial charge in [0.1, 0.15) is 6.61 Å². The Morgan fingerprint density at radius 2 is 2.47 bits per heavy atom. The topological polar surface area (TPSA) is 46.5 Å². The molecule has 0 amide bonds. The van der Waals surface area contributed by atoms with E-state index in [1.807, 2.05) is 17.5 Å². The summed E-state index contributed by atoms with van der Waals surface area (Å²) >= 11 is 1.49. The highest BCUT2D eigenvalue weighted by Gasteiger charge is 2.19. The summed E-state index contributed by atoms with van der Waals surface area (Å²) in [5.41, 5.74) is 1.40. The van der Waals surface area contributed by atoms with E-state index in [0.29, 0.717) is 5.57 Å². The fraction of sp³-hybridized carbons (Fsp3) is 0.182. The molecule has 2 rings (SSSR count). The Morgan fingerprint density at radius 3 is 3.13 bits per heavy atom. The molecule has 2 heterocycles. The van der Waals surface area contributed by atoms with Crippen molar-refractivity contribution in [3.05, 3.63) is 40.1 Å². The highest BCUT2D eigenvalue weighted by atomic mass is 32.1. The first-order valence-corrected chi connectivity index (χ1v) is 5.42. The van der Waals surface area contributed by atoms with Crippen molar-refractivity contribution in [2.45, 2.75) is 0 Å². The number of aliphatic hydroxyl groups excluding tert-OH is 1. The van der Waals surface area contributed by atoms with Crippen molar-refractivity contribution >= 4 is 22.9 Å². The zero-order chi connectivity index (χ0) is 10.7. The summed E-state index contributed by atoms with van der Waals surface area (Å²) in [6, 6.07) is 3.76. The third-order valence-corrected chi connectivity index (χ3v) is 2.96. The Morgan fingerprint density at radius 1 is 1.60 bits per heavy atom. The van der Waals surface area contributed by atoms with E-state index in [9.17, 15) is 4.79 Å². The monoisotopic (exact) mass is 222 g/mol. The van der Waals surface area contributed by atoms with Crippen molar-refractivity contribution < 1.29 is 14.6 Å². The van der Waals surface area contributed by atoms with Crippen LogP contribution in [-0.2, 0) is 9.53 Å². The number of esters is 1. The van der Waals surface area contributed by atoms with Crippen LogP contribution in [0.3, 0.4) is 0 Å². The van der Waals surface area contributed by atoms with Gasteiger partial charge >= 0.3 is 5.97 Å². The van der Waals surface area contributed by atoms with Gasteiger partial charge in [0.2, 0.25) is 0 Å². The maximum Gasteiger partial charge on any atom is 0.339 e. The minimum atomic E-state index is -0.299. The number of carbonyl (C=O) groups is 1. The molecule has 0 saturated heterocycles. The van der Waals surface area contributed by atoms with Gasteiger partial charge in [-0.3, -0.25) is 0 Å². The summed E-state index contributed by atoms with van der Waals surface area (Å²) in [5.74, 6) is -0.299. The molecule has 1 aliphatic rings. The predicted molar refractivity (Wildman–Crippen MR) is 58.4 cm³/mol. The first kappa shape index (κ1) is 10.1. The molecule has 3 nitrogen and oxygen atoms in total. The minimum absolute atomic E-state index is 0.0406. The minimum Gasteiger partial charge on any atom is -0.457 e. The van der Waals surface area contributed by atoms with Crippen LogP contribution < -0.4 is 0 Å². The van der Waals surface area contributed by atoms with Crippen LogP contribution in [0.2, 0.25) is 0 Å². The Hall–Kier alpha value is -1.39. The molecule has 15 heavy (non-hydrogen) atoms. The summed E-state index contributed by atoms with van der Waals surface area (Å²) in [4.78, 5) is 12.4. The van der Waals surface area contributed by atoms with Crippen molar-refractivity contribution in [2.75, 3.05) is 13.2 Å². The number of ether oxygens (including phenoxy) is 1. The SMILES string of the molecule is O=C1OC/C(=C\CO)C=C1c1cccs1. The highest BCUT2D eigenvalue weighted by Crippen LogP contribution is 2.26. The lowest BCUT2D eigenvalue weighted by atomic mass is 10.1. The molecular weight excluding hydrogens is 212 g/mol. The molecule has 0 atom stereocenters. The lowest BCUT2D eigenvalue weighted by Gasteiger charge is -2.14. The largest absolute Gasteiger partial charge is 0.457 e. The van der Waals surface area contributed by atoms with Crippen molar-refractivity contribution in [3.63, 3.8) is 0 Å². The molecule has 0 fully saturated rings. The number of cyclic esters (lactones) is 1. The maximum absolute atomic E-state index is 11.5. The average Bonchev–Trinajstić information content (AvgIpc) is 2.74. The molecule has 1 N–H and O–H groups in total. The Kier molecular flexibility index (Phi) is 2.99. The Balaban J connectivity index is 2.35. The lowest BCUT2D eigenvalue weighted by molar-refractivity contribution is -0.136. The number of carbonyl (C=O) groups excluding carboxylic acids is 1. The lowest BCUT2D eigenvalue weighted by Crippen LogP contribution is -2.14. The van der Waals surface area contributed by atoms with Crippen LogP contribution in [0.4, 0.5) is 0 Å². The molecule has 1 aliphatic heterocycles. The van der Waals surface area contributed by atoms with Crippen molar-refractivity contribution in [1.29, 1.82) is 0 Å². The van der Waals surface area contributed by atoms with E-state index in [1.54, 1.807) is 12.2 Å². The highest BCUT2D eigenvalue weighted by molar-refractivity contribution is 7.11. The van der Waals surface area contributed by atoms with Gasteiger partial charge in [0.15, 0.2) is 0 Å². The molecule has 0 radical (unpaired) electrons. The van der Waals surface area contributed by atoms with Gasteiger partial charge in [0.05, 0.1) is 12.2 Å². The van der Waals surface area contributed by atoms with Crippen molar-refractivity contribution in [2.24, 2.45) is 0 Å². The summed E-state index contributed by atoms with van der Waals surface area (Å²) in [5, 5.41) is 10.7. The van der Waals surface area contributed by atoms with Crippen LogP contribution in [0.15, 0.2) is 35.2 Å². The van der Waals surface area contributed by atoms with Gasteiger partial charge in [-0.25, -0.2) is 4.79 Å². The summed E-state index contributed by atoms with van der Waals surface area (Å²) in [7, 11) is 0. The van der Waals surface area contributed by atoms with Gasteiger partial charge in [-0.1, -0.05) is 12.1 Å². The molecular formula is C11H10O3S. The zero-order valence-corrected chi connectivity index (χ0v) is 8.79. The van der Waals surface area contributed by atoms with Crippen molar-refractivity contribution in [3.8, 4) is 0 Å². The van der Waals surface area contributed by atoms with Crippen LogP contribution >= 0.6 is 11.3 Å². The number of hydrogen-bond acceptors (Lipinski definition) is 4. The van der Waals surface area contributed by atoms with Crippen LogP contribution in [0, 0.1) is 0 Å². The molecule has 0 aromatic carbocycles. The second-order valence-corrected chi connectivity index (χ2v) is 4.02. The van der Waals surface area contributed by atoms with E-state index >= 15 is 0 Å². The Bertz CT molecular complexity index is 415. The van der Waals surface area contributed by atoms with Crippen LogP contribution in [-0.4, -0.2) is 24.3 Å². The van der Waals surface area contributed by atoms with Gasteiger partial charge in [0.25, 0.3) is 0 Å². The van der Waals surface area contributed by atoms with Gasteiger partial charge < -0.3 is 9.84 Å². The molecule has 0 aliphatic carbocycles. The van der Waals surface area contributed by atoms with Gasteiger partial charge in [-0.05, 0) is 23.1 Å². The number of aliphatic hydroxyl groups is 1. The maximum atomic E-state index is 11.5. The molecule has 1 aromatic heterocycles. The van der Waals surface area contributed by atoms with Crippen LogP contribution in [0.1, 0.15) is 4.88 Å². The number of rotatable bonds is 2. The van der Waals surface area contributed by atoms with E-state index in [0.717, 1.165) is 10.5 Å². The average molecular weight is 222 g/mol. The van der Waals surface area contributed by atoms with E-state index in [-0.39, 0.29) is 19.2 Å². The first-order chi connectivity index (χ1) is 7.31. The molecule has 0 unspecified atom stereocenters. The third kappa shape index (κ3) is 2.16. The smallest absolute Gasteiger partial charge is 0.339 e. The summed E-state index contributed by atoms with van der Waals surface area (Å²) < 4.78 is 5.00. The standard InChI is InChI=1S/C11H10O3S/c12-4-3-8-6-9(11(13)14-7-8)10-2-1-5-15-10/h1-3,5-6,12H,4,7H2/b8-3-. The van der Waals surface area contributed by atoms with E-state index < -0.39 is 0 Å². The fourth-order valence-corrected chi connectivity index (χ4v) is 2.08. The van der Waals surface area contributed by atoms with Crippen LogP contribution in [0.25, 0.3) is 5.57 Å². The molecule has 0 bridgehead atoms. The Labute approximate surface area is 91.3 Å². The van der Waals surface area contributed by atoms with Gasteiger partial charge in [-0.15, -0.1) is 11.3 Å². The predicted octanol–water partition coefficient (Wildman–Crippen LogP) is 1.61. The van der Waals surface area contributed by atoms with Gasteiger partial charge in [-0.2, -0.15) is 0 Å². The zero-order valence-electron chi connectivity index (χ0n) is 7.97. The normalized spacial score (nSPS) is 18.9. The first-order valence-electron chi connectivity index (χ1n) is 4.54. The number of hydrogen-bond donors (Lipinski definition) is 1. The van der Waals surface area contributed by atoms with E-state index in [2.05, 4.69) is 0 Å². The summed E-state index contributed by atoms with van der Waals surface area (Å²) in [6.07, 6.45) is 3.41. The second kappa shape index (κ2) is 4.42. The van der Waals surface area contributed by atoms with E-state index in [4.69, 9.17) is 9.84 Å². The third-order valence-electron chi connectivity index (χ3n) is 2.06. The molecule has 1 aromatic rings. The second-order valence-electron chi connectivity index (χ2n) is 3.07. The van der Waals surface area contributed by atoms with E-state index in [1.165, 1.54) is 11.3 Å². The molecule has 78 valence electrons.